The Kier molecular flexibility index (Phi) is 6.83. The highest BCUT2D eigenvalue weighted by molar-refractivity contribution is 6.09. The molecule has 6 aromatic rings. The number of carbonyl (C=O) groups is 2. The third-order valence-electron chi connectivity index (χ3n) is 10.5. The maximum Gasteiger partial charge on any atom is 0.235 e. The smallest absolute Gasteiger partial charge is 0.235 e. The monoisotopic (exact) mass is 655 g/mol. The van der Waals surface area contributed by atoms with Crippen LogP contribution in [-0.2, 0) is 25.2 Å². The highest BCUT2D eigenvalue weighted by Crippen LogP contribution is 2.47. The van der Waals surface area contributed by atoms with Gasteiger partial charge in [0.15, 0.2) is 17.2 Å². The molecule has 49 heavy (non-hydrogen) atoms. The first-order chi connectivity index (χ1) is 23.5. The minimum Gasteiger partial charge on any atom is -0.382 e. The summed E-state index contributed by atoms with van der Waals surface area (Å²) in [6.45, 7) is 9.19. The summed E-state index contributed by atoms with van der Waals surface area (Å²) in [5, 5.41) is 18.8. The number of hydrogen-bond donors (Lipinski definition) is 5. The van der Waals surface area contributed by atoms with Gasteiger partial charge in [-0.05, 0) is 98.2 Å². The van der Waals surface area contributed by atoms with Crippen LogP contribution in [0.25, 0.3) is 44.1 Å². The molecule has 5 heterocycles. The summed E-state index contributed by atoms with van der Waals surface area (Å²) >= 11 is 0. The van der Waals surface area contributed by atoms with E-state index in [9.17, 15) is 9.59 Å². The van der Waals surface area contributed by atoms with Crippen molar-refractivity contribution in [1.82, 2.24) is 15.4 Å². The van der Waals surface area contributed by atoms with Gasteiger partial charge in [0.25, 0.3) is 0 Å². The van der Waals surface area contributed by atoms with Crippen LogP contribution in [0.3, 0.4) is 0 Å². The molecule has 0 radical (unpaired) electrons. The van der Waals surface area contributed by atoms with Crippen molar-refractivity contribution in [3.63, 3.8) is 0 Å². The van der Waals surface area contributed by atoms with Gasteiger partial charge in [-0.15, -0.1) is 0 Å². The third kappa shape index (κ3) is 4.60. The number of aryl methyl sites for hydroxylation is 2. The molecule has 3 aliphatic rings. The number of aromatic amines is 1. The van der Waals surface area contributed by atoms with Crippen molar-refractivity contribution in [2.75, 3.05) is 35.3 Å². The number of carbonyl (C=O) groups excluding carboxylic acids is 2. The molecule has 0 saturated carbocycles. The molecule has 11 heteroatoms. The number of anilines is 4. The fourth-order valence-corrected chi connectivity index (χ4v) is 7.62. The molecule has 0 aliphatic carbocycles. The molecule has 0 atom stereocenters. The third-order valence-corrected chi connectivity index (χ3v) is 10.5. The number of nitrogens with zero attached hydrogens (tertiary/aromatic N) is 2. The van der Waals surface area contributed by atoms with Crippen LogP contribution in [0, 0.1) is 13.8 Å². The molecule has 2 aromatic heterocycles. The lowest BCUT2D eigenvalue weighted by molar-refractivity contribution is -0.124. The van der Waals surface area contributed by atoms with Crippen LogP contribution >= 0.6 is 0 Å². The second-order valence-electron chi connectivity index (χ2n) is 13.7. The van der Waals surface area contributed by atoms with Crippen molar-refractivity contribution in [2.45, 2.75) is 51.4 Å². The molecule has 1 spiro atoms. The molecule has 4 aromatic carbocycles. The lowest BCUT2D eigenvalue weighted by Gasteiger charge is -2.31. The molecule has 0 bridgehead atoms. The summed E-state index contributed by atoms with van der Waals surface area (Å²) in [5.41, 5.74) is 22.5. The van der Waals surface area contributed by atoms with Crippen LogP contribution in [-0.4, -0.2) is 40.4 Å². The molecule has 3 aliphatic heterocycles. The SMILES string of the molecule is Cc1ccc2c(N)n[nH]c2c1-c1ccc2c(c1)NC(=O)C21CCOCC1.Cc1ccc2c(N)noc2c1-c1ccc2c(c1)NC(=O)C2(C)C. The standard InChI is InChI=1S/C20H20N4O2.C18H17N3O2/c1-11-2-4-13-17(23-24-18(13)21)16(11)12-3-5-14-15(10-12)22-19(25)20(14)6-8-26-9-7-20;1-9-4-6-11-15(23-21-16(11)19)14(9)10-5-7-12-13(8-10)20-17(22)18(12,2)3/h2-5,10H,6-9H2,1H3,(H,22,25)(H3,21,23,24);4-8H,1-3H3,(H2,19,21)(H,20,22). The van der Waals surface area contributed by atoms with Crippen LogP contribution in [0.5, 0.6) is 0 Å². The van der Waals surface area contributed by atoms with E-state index in [0.717, 1.165) is 85.0 Å². The Hall–Kier alpha value is -5.68. The first kappa shape index (κ1) is 30.6. The molecular formula is C38H37N7O4. The van der Waals surface area contributed by atoms with E-state index in [1.165, 1.54) is 0 Å². The molecule has 11 nitrogen and oxygen atoms in total. The van der Waals surface area contributed by atoms with Crippen molar-refractivity contribution in [2.24, 2.45) is 0 Å². The number of amides is 2. The molecule has 2 amide bonds. The molecular weight excluding hydrogens is 618 g/mol. The molecule has 0 unspecified atom stereocenters. The predicted octanol–water partition coefficient (Wildman–Crippen LogP) is 6.74. The summed E-state index contributed by atoms with van der Waals surface area (Å²) in [4.78, 5) is 24.9. The zero-order chi connectivity index (χ0) is 34.2. The Bertz CT molecular complexity index is 2350. The van der Waals surface area contributed by atoms with Gasteiger partial charge in [-0.2, -0.15) is 5.10 Å². The summed E-state index contributed by atoms with van der Waals surface area (Å²) in [7, 11) is 0. The van der Waals surface area contributed by atoms with E-state index >= 15 is 0 Å². The van der Waals surface area contributed by atoms with E-state index in [0.29, 0.717) is 30.4 Å². The molecule has 9 rings (SSSR count). The zero-order valence-electron chi connectivity index (χ0n) is 27.8. The quantitative estimate of drug-likeness (QED) is 0.136. The van der Waals surface area contributed by atoms with Gasteiger partial charge in [-0.25, -0.2) is 0 Å². The number of benzene rings is 4. The topological polar surface area (TPSA) is 174 Å². The van der Waals surface area contributed by atoms with E-state index < -0.39 is 10.8 Å². The number of H-pyrrole nitrogens is 1. The van der Waals surface area contributed by atoms with Gasteiger partial charge in [0.05, 0.1) is 21.7 Å². The fraction of sp³-hybridized carbons (Fsp3) is 0.263. The Balaban J connectivity index is 0.000000143. The van der Waals surface area contributed by atoms with Gasteiger partial charge in [-0.1, -0.05) is 41.6 Å². The van der Waals surface area contributed by atoms with Crippen molar-refractivity contribution >= 4 is 56.7 Å². The number of nitrogen functional groups attached to an aromatic ring is 2. The summed E-state index contributed by atoms with van der Waals surface area (Å²) in [6, 6.07) is 20.2. The number of rotatable bonds is 2. The first-order valence-electron chi connectivity index (χ1n) is 16.4. The van der Waals surface area contributed by atoms with Gasteiger partial charge in [0, 0.05) is 41.1 Å². The van der Waals surface area contributed by atoms with Crippen LogP contribution in [0.15, 0.2) is 65.2 Å². The van der Waals surface area contributed by atoms with E-state index in [-0.39, 0.29) is 11.8 Å². The molecule has 248 valence electrons. The second-order valence-corrected chi connectivity index (χ2v) is 13.7. The number of nitrogens with one attached hydrogen (secondary N) is 3. The van der Waals surface area contributed by atoms with E-state index in [2.05, 4.69) is 57.2 Å². The molecule has 7 N–H and O–H groups in total. The average Bonchev–Trinajstić information content (AvgIpc) is 3.79. The lowest BCUT2D eigenvalue weighted by atomic mass is 9.75. The Labute approximate surface area is 282 Å². The summed E-state index contributed by atoms with van der Waals surface area (Å²) < 4.78 is 10.9. The number of ether oxygens (including phenoxy) is 1. The average molecular weight is 656 g/mol. The zero-order valence-corrected chi connectivity index (χ0v) is 27.8. The van der Waals surface area contributed by atoms with Crippen molar-refractivity contribution in [3.05, 3.63) is 82.9 Å². The number of nitrogens with two attached hydrogens (primary N) is 2. The van der Waals surface area contributed by atoms with E-state index in [1.807, 2.05) is 57.2 Å². The van der Waals surface area contributed by atoms with Crippen molar-refractivity contribution in [1.29, 1.82) is 0 Å². The maximum absolute atomic E-state index is 12.7. The minimum atomic E-state index is -0.508. The highest BCUT2D eigenvalue weighted by atomic mass is 16.5. The maximum atomic E-state index is 12.7. The van der Waals surface area contributed by atoms with Crippen LogP contribution in [0.2, 0.25) is 0 Å². The minimum absolute atomic E-state index is 0.0171. The Morgan fingerprint density at radius 2 is 1.35 bits per heavy atom. The van der Waals surface area contributed by atoms with Gasteiger partial charge in [0.2, 0.25) is 11.8 Å². The van der Waals surface area contributed by atoms with Crippen molar-refractivity contribution in [3.8, 4) is 22.3 Å². The van der Waals surface area contributed by atoms with Gasteiger partial charge < -0.3 is 31.4 Å². The number of fused-ring (bicyclic) bond motifs is 5. The van der Waals surface area contributed by atoms with E-state index in [4.69, 9.17) is 20.7 Å². The molecule has 1 saturated heterocycles. The summed E-state index contributed by atoms with van der Waals surface area (Å²) in [6.07, 6.45) is 1.47. The highest BCUT2D eigenvalue weighted by Gasteiger charge is 2.47. The van der Waals surface area contributed by atoms with Crippen LogP contribution < -0.4 is 22.1 Å². The van der Waals surface area contributed by atoms with Gasteiger partial charge >= 0.3 is 0 Å². The van der Waals surface area contributed by atoms with E-state index in [1.54, 1.807) is 0 Å². The lowest BCUT2D eigenvalue weighted by Crippen LogP contribution is -2.39. The van der Waals surface area contributed by atoms with Crippen LogP contribution in [0.1, 0.15) is 48.9 Å². The summed E-state index contributed by atoms with van der Waals surface area (Å²) in [5.74, 6) is 0.992. The predicted molar refractivity (Wildman–Crippen MR) is 191 cm³/mol. The van der Waals surface area contributed by atoms with Gasteiger partial charge in [0.1, 0.15) is 0 Å². The fourth-order valence-electron chi connectivity index (χ4n) is 7.62. The Morgan fingerprint density at radius 1 is 0.735 bits per heavy atom. The Morgan fingerprint density at radius 3 is 2.08 bits per heavy atom. The van der Waals surface area contributed by atoms with Gasteiger partial charge in [-0.3, -0.25) is 14.7 Å². The first-order valence-corrected chi connectivity index (χ1v) is 16.4. The number of hydrogen-bond acceptors (Lipinski definition) is 8. The van der Waals surface area contributed by atoms with Crippen molar-refractivity contribution < 1.29 is 18.8 Å². The largest absolute Gasteiger partial charge is 0.382 e. The van der Waals surface area contributed by atoms with Crippen LogP contribution in [0.4, 0.5) is 23.0 Å². The normalized spacial score (nSPS) is 17.1. The second kappa shape index (κ2) is 10.9. The molecule has 1 fully saturated rings. The number of aromatic nitrogens is 3.